The first kappa shape index (κ1) is 18.0. The van der Waals surface area contributed by atoms with Crippen molar-refractivity contribution in [2.75, 3.05) is 13.1 Å². The molecule has 1 N–H and O–H groups in total. The molecule has 28 heavy (non-hydrogen) atoms. The van der Waals surface area contributed by atoms with Crippen molar-refractivity contribution in [2.24, 2.45) is 0 Å². The van der Waals surface area contributed by atoms with Gasteiger partial charge in [0, 0.05) is 32.1 Å². The third-order valence-electron chi connectivity index (χ3n) is 4.77. The van der Waals surface area contributed by atoms with Crippen molar-refractivity contribution < 1.29 is 23.6 Å². The maximum absolute atomic E-state index is 12.6. The van der Waals surface area contributed by atoms with Gasteiger partial charge in [-0.25, -0.2) is 4.79 Å². The highest BCUT2D eigenvalue weighted by atomic mass is 16.5. The van der Waals surface area contributed by atoms with Crippen molar-refractivity contribution in [3.8, 4) is 11.4 Å². The van der Waals surface area contributed by atoms with Gasteiger partial charge in [-0.3, -0.25) is 9.48 Å². The lowest BCUT2D eigenvalue weighted by atomic mass is 10.1. The van der Waals surface area contributed by atoms with E-state index >= 15 is 0 Å². The zero-order chi connectivity index (χ0) is 19.5. The van der Waals surface area contributed by atoms with E-state index in [-0.39, 0.29) is 23.9 Å². The minimum absolute atomic E-state index is 0.00150. The molecule has 1 aliphatic rings. The summed E-state index contributed by atoms with van der Waals surface area (Å²) in [7, 11) is 0. The third-order valence-corrected chi connectivity index (χ3v) is 4.77. The van der Waals surface area contributed by atoms with Crippen molar-refractivity contribution in [3.05, 3.63) is 42.4 Å². The van der Waals surface area contributed by atoms with E-state index in [4.69, 9.17) is 14.0 Å². The van der Waals surface area contributed by atoms with Crippen LogP contribution in [0.4, 0.5) is 0 Å². The number of amides is 1. The molecule has 0 bridgehead atoms. The second kappa shape index (κ2) is 7.67. The summed E-state index contributed by atoms with van der Waals surface area (Å²) in [6.07, 6.45) is 8.20. The van der Waals surface area contributed by atoms with Crippen LogP contribution in [0.1, 0.15) is 41.6 Å². The number of rotatable bonds is 6. The number of aromatic nitrogens is 4. The van der Waals surface area contributed by atoms with Crippen molar-refractivity contribution in [2.45, 2.75) is 31.7 Å². The summed E-state index contributed by atoms with van der Waals surface area (Å²) in [6, 6.07) is 1.71. The van der Waals surface area contributed by atoms with E-state index < -0.39 is 5.97 Å². The van der Waals surface area contributed by atoms with Crippen LogP contribution >= 0.6 is 0 Å². The van der Waals surface area contributed by atoms with Gasteiger partial charge in [0.2, 0.25) is 17.6 Å². The Kier molecular flexibility index (Phi) is 4.92. The Labute approximate surface area is 159 Å². The number of hydrogen-bond donors (Lipinski definition) is 1. The van der Waals surface area contributed by atoms with Gasteiger partial charge in [-0.1, -0.05) is 5.16 Å². The fourth-order valence-electron chi connectivity index (χ4n) is 3.28. The predicted molar refractivity (Wildman–Crippen MR) is 94.4 cm³/mol. The van der Waals surface area contributed by atoms with Gasteiger partial charge < -0.3 is 18.9 Å². The number of piperidine rings is 1. The van der Waals surface area contributed by atoms with E-state index in [9.17, 15) is 9.59 Å². The molecule has 1 aliphatic heterocycles. The molecular weight excluding hydrogens is 366 g/mol. The van der Waals surface area contributed by atoms with E-state index in [0.29, 0.717) is 31.2 Å². The first-order valence-corrected chi connectivity index (χ1v) is 9.00. The summed E-state index contributed by atoms with van der Waals surface area (Å²) in [5.74, 6) is -0.179. The number of carbonyl (C=O) groups excluding carboxylic acids is 1. The molecule has 146 valence electrons. The summed E-state index contributed by atoms with van der Waals surface area (Å²) >= 11 is 0. The highest BCUT2D eigenvalue weighted by molar-refractivity contribution is 5.86. The molecule has 0 aliphatic carbocycles. The molecule has 1 amide bonds. The van der Waals surface area contributed by atoms with Gasteiger partial charge in [-0.15, -0.1) is 0 Å². The lowest BCUT2D eigenvalue weighted by Gasteiger charge is -2.32. The smallest absolute Gasteiger partial charge is 0.338 e. The van der Waals surface area contributed by atoms with E-state index in [1.54, 1.807) is 15.6 Å². The van der Waals surface area contributed by atoms with Crippen molar-refractivity contribution in [1.29, 1.82) is 0 Å². The summed E-state index contributed by atoms with van der Waals surface area (Å²) in [5.41, 5.74) is 0.869. The fourth-order valence-corrected chi connectivity index (χ4v) is 3.28. The highest BCUT2D eigenvalue weighted by Gasteiger charge is 2.26. The Morgan fingerprint density at radius 2 is 2.25 bits per heavy atom. The van der Waals surface area contributed by atoms with Crippen LogP contribution < -0.4 is 0 Å². The van der Waals surface area contributed by atoms with Crippen molar-refractivity contribution in [1.82, 2.24) is 24.8 Å². The molecular formula is C18H19N5O5. The first-order chi connectivity index (χ1) is 13.6. The maximum Gasteiger partial charge on any atom is 0.338 e. The van der Waals surface area contributed by atoms with Crippen LogP contribution in [0.5, 0.6) is 0 Å². The maximum atomic E-state index is 12.6. The summed E-state index contributed by atoms with van der Waals surface area (Å²) in [5, 5.41) is 17.1. The average Bonchev–Trinajstić information content (AvgIpc) is 3.47. The number of furan rings is 1. The molecule has 10 heteroatoms. The standard InChI is InChI=1S/C18H19N5O5/c24-16(4-3-15-20-17(21-28-15)12-5-7-27-11-12)22-6-1-2-14(10-22)23-9-13(8-19-23)18(25)26/h5,7-9,11,14H,1-4,6,10H2,(H,25,26)/t14-/m0/s1. The van der Waals surface area contributed by atoms with Crippen LogP contribution in [0.25, 0.3) is 11.4 Å². The van der Waals surface area contributed by atoms with E-state index in [1.165, 1.54) is 24.9 Å². The Morgan fingerprint density at radius 3 is 3.00 bits per heavy atom. The van der Waals surface area contributed by atoms with Gasteiger partial charge in [-0.05, 0) is 18.9 Å². The zero-order valence-corrected chi connectivity index (χ0v) is 15.0. The quantitative estimate of drug-likeness (QED) is 0.682. The number of carbonyl (C=O) groups is 2. The lowest BCUT2D eigenvalue weighted by molar-refractivity contribution is -0.133. The number of carboxylic acids is 1. The molecule has 3 aromatic heterocycles. The first-order valence-electron chi connectivity index (χ1n) is 9.00. The van der Waals surface area contributed by atoms with E-state index in [0.717, 1.165) is 18.4 Å². The minimum atomic E-state index is -1.01. The molecule has 0 unspecified atom stereocenters. The molecule has 0 radical (unpaired) electrons. The number of nitrogens with zero attached hydrogens (tertiary/aromatic N) is 5. The van der Waals surface area contributed by atoms with Crippen LogP contribution in [0.15, 0.2) is 39.9 Å². The van der Waals surface area contributed by atoms with Crippen molar-refractivity contribution in [3.63, 3.8) is 0 Å². The topological polar surface area (TPSA) is 127 Å². The van der Waals surface area contributed by atoms with E-state index in [1.807, 2.05) is 0 Å². The zero-order valence-electron chi connectivity index (χ0n) is 15.0. The summed E-state index contributed by atoms with van der Waals surface area (Å²) in [4.78, 5) is 29.7. The monoisotopic (exact) mass is 385 g/mol. The lowest BCUT2D eigenvalue weighted by Crippen LogP contribution is -2.41. The summed E-state index contributed by atoms with van der Waals surface area (Å²) in [6.45, 7) is 1.18. The molecule has 4 rings (SSSR count). The largest absolute Gasteiger partial charge is 0.478 e. The van der Waals surface area contributed by atoms with Crippen LogP contribution in [0.3, 0.4) is 0 Å². The van der Waals surface area contributed by atoms with Gasteiger partial charge in [-0.2, -0.15) is 10.1 Å². The van der Waals surface area contributed by atoms with E-state index in [2.05, 4.69) is 15.2 Å². The molecule has 3 aromatic rings. The predicted octanol–water partition coefficient (Wildman–Crippen LogP) is 2.02. The molecule has 1 atom stereocenters. The SMILES string of the molecule is O=C(O)c1cnn([C@H]2CCCN(C(=O)CCc3nc(-c4ccoc4)no3)C2)c1. The van der Waals surface area contributed by atoms with Crippen LogP contribution in [0.2, 0.25) is 0 Å². The molecule has 4 heterocycles. The van der Waals surface area contributed by atoms with Gasteiger partial charge in [0.25, 0.3) is 0 Å². The number of carboxylic acid groups (broad SMARTS) is 1. The average molecular weight is 385 g/mol. The Hall–Kier alpha value is -3.43. The highest BCUT2D eigenvalue weighted by Crippen LogP contribution is 2.22. The van der Waals surface area contributed by atoms with Crippen LogP contribution in [-0.2, 0) is 11.2 Å². The number of likely N-dealkylation sites (tertiary alicyclic amines) is 1. The second-order valence-corrected chi connectivity index (χ2v) is 6.67. The summed E-state index contributed by atoms with van der Waals surface area (Å²) < 4.78 is 11.8. The number of aryl methyl sites for hydroxylation is 1. The van der Waals surface area contributed by atoms with Gasteiger partial charge in [0.05, 0.1) is 29.6 Å². The second-order valence-electron chi connectivity index (χ2n) is 6.67. The van der Waals surface area contributed by atoms with Gasteiger partial charge >= 0.3 is 5.97 Å². The van der Waals surface area contributed by atoms with Gasteiger partial charge in [0.1, 0.15) is 6.26 Å². The molecule has 0 spiro atoms. The number of aromatic carboxylic acids is 1. The molecule has 10 nitrogen and oxygen atoms in total. The number of hydrogen-bond acceptors (Lipinski definition) is 7. The third kappa shape index (κ3) is 3.80. The fraction of sp³-hybridized carbons (Fsp3) is 0.389. The normalized spacial score (nSPS) is 17.0. The van der Waals surface area contributed by atoms with Crippen LogP contribution in [-0.4, -0.2) is 54.9 Å². The Balaban J connectivity index is 1.33. The van der Waals surface area contributed by atoms with Gasteiger partial charge in [0.15, 0.2) is 0 Å². The molecule has 0 saturated carbocycles. The Bertz CT molecular complexity index is 961. The Morgan fingerprint density at radius 1 is 1.36 bits per heavy atom. The molecule has 0 aromatic carbocycles. The molecule has 1 fully saturated rings. The minimum Gasteiger partial charge on any atom is -0.478 e. The van der Waals surface area contributed by atoms with Crippen molar-refractivity contribution >= 4 is 11.9 Å². The van der Waals surface area contributed by atoms with Crippen LogP contribution in [0, 0.1) is 0 Å². The molecule has 1 saturated heterocycles.